The monoisotopic (exact) mass is 499 g/mol. The average Bonchev–Trinajstić information content (AvgIpc) is 3.39. The van der Waals surface area contributed by atoms with Crippen LogP contribution in [-0.2, 0) is 4.79 Å². The molecule has 31 heavy (non-hydrogen) atoms. The zero-order valence-electron chi connectivity index (χ0n) is 16.6. The number of anilines is 2. The van der Waals surface area contributed by atoms with Crippen LogP contribution >= 0.6 is 27.3 Å². The second-order valence-corrected chi connectivity index (χ2v) is 9.10. The van der Waals surface area contributed by atoms with E-state index in [-0.39, 0.29) is 17.6 Å². The summed E-state index contributed by atoms with van der Waals surface area (Å²) in [6, 6.07) is 15.9. The quantitative estimate of drug-likeness (QED) is 0.354. The summed E-state index contributed by atoms with van der Waals surface area (Å²) in [6.07, 6.45) is 1.43. The Balaban J connectivity index is 1.45. The molecular weight excluding hydrogens is 482 g/mol. The van der Waals surface area contributed by atoms with E-state index in [4.69, 9.17) is 9.15 Å². The van der Waals surface area contributed by atoms with Gasteiger partial charge in [-0.1, -0.05) is 27.3 Å². The summed E-state index contributed by atoms with van der Waals surface area (Å²) >= 11 is 4.68. The summed E-state index contributed by atoms with van der Waals surface area (Å²) < 4.78 is 12.7. The van der Waals surface area contributed by atoms with Crippen LogP contribution in [0.25, 0.3) is 10.2 Å². The molecule has 0 aliphatic heterocycles. The Morgan fingerprint density at radius 2 is 1.87 bits per heavy atom. The lowest BCUT2D eigenvalue weighted by Gasteiger charge is -2.25. The van der Waals surface area contributed by atoms with Gasteiger partial charge in [0.25, 0.3) is 11.8 Å². The van der Waals surface area contributed by atoms with Crippen LogP contribution in [0.1, 0.15) is 24.4 Å². The number of rotatable bonds is 6. The first kappa shape index (κ1) is 21.1. The highest BCUT2D eigenvalue weighted by Crippen LogP contribution is 2.29. The van der Waals surface area contributed by atoms with E-state index in [2.05, 4.69) is 31.5 Å². The highest BCUT2D eigenvalue weighted by atomic mass is 79.9. The Hall–Kier alpha value is -3.17. The third-order valence-corrected chi connectivity index (χ3v) is 5.81. The summed E-state index contributed by atoms with van der Waals surface area (Å²) in [5.74, 6) is 0.147. The number of hydrogen-bond acceptors (Lipinski definition) is 6. The smallest absolute Gasteiger partial charge is 0.293 e. The molecule has 4 rings (SSSR count). The van der Waals surface area contributed by atoms with Crippen molar-refractivity contribution in [2.45, 2.75) is 19.4 Å². The van der Waals surface area contributed by atoms with E-state index in [1.54, 1.807) is 50.2 Å². The molecule has 0 bridgehead atoms. The number of fused-ring (bicyclic) bond motifs is 1. The molecule has 0 atom stereocenters. The molecular formula is C22H18BrN3O4S. The van der Waals surface area contributed by atoms with Gasteiger partial charge >= 0.3 is 0 Å². The third-order valence-electron chi connectivity index (χ3n) is 4.35. The SMILES string of the molecule is CC(C)(Oc1ccc(Br)cc1)C(=O)Nc1ccc2nc(NC(=O)c3ccco3)sc2c1. The minimum Gasteiger partial charge on any atom is -0.478 e. The van der Waals surface area contributed by atoms with Gasteiger partial charge < -0.3 is 14.5 Å². The molecule has 2 heterocycles. The fourth-order valence-electron chi connectivity index (χ4n) is 2.75. The summed E-state index contributed by atoms with van der Waals surface area (Å²) in [4.78, 5) is 29.3. The minimum absolute atomic E-state index is 0.209. The van der Waals surface area contributed by atoms with Crippen molar-refractivity contribution >= 4 is 60.1 Å². The van der Waals surface area contributed by atoms with Gasteiger partial charge in [0, 0.05) is 10.2 Å². The van der Waals surface area contributed by atoms with E-state index in [0.717, 1.165) is 9.17 Å². The van der Waals surface area contributed by atoms with Gasteiger partial charge in [-0.2, -0.15) is 0 Å². The molecule has 0 radical (unpaired) electrons. The van der Waals surface area contributed by atoms with Gasteiger partial charge in [-0.25, -0.2) is 4.98 Å². The van der Waals surface area contributed by atoms with Gasteiger partial charge in [0.05, 0.1) is 16.5 Å². The lowest BCUT2D eigenvalue weighted by atomic mass is 10.1. The van der Waals surface area contributed by atoms with Gasteiger partial charge in [-0.15, -0.1) is 0 Å². The van der Waals surface area contributed by atoms with Crippen molar-refractivity contribution in [1.29, 1.82) is 0 Å². The number of thiazole rings is 1. The lowest BCUT2D eigenvalue weighted by Crippen LogP contribution is -2.42. The van der Waals surface area contributed by atoms with E-state index in [9.17, 15) is 9.59 Å². The maximum Gasteiger partial charge on any atom is 0.293 e. The molecule has 158 valence electrons. The van der Waals surface area contributed by atoms with Crippen LogP contribution in [0.4, 0.5) is 10.8 Å². The molecule has 0 spiro atoms. The molecule has 0 aliphatic rings. The molecule has 0 aliphatic carbocycles. The number of nitrogens with one attached hydrogen (secondary N) is 2. The predicted octanol–water partition coefficient (Wildman–Crippen LogP) is 5.70. The molecule has 2 N–H and O–H groups in total. The number of benzene rings is 2. The highest BCUT2D eigenvalue weighted by molar-refractivity contribution is 9.10. The van der Waals surface area contributed by atoms with Crippen molar-refractivity contribution in [2.75, 3.05) is 10.6 Å². The van der Waals surface area contributed by atoms with Crippen LogP contribution in [0.3, 0.4) is 0 Å². The van der Waals surface area contributed by atoms with Gasteiger partial charge in [-0.3, -0.25) is 14.9 Å². The van der Waals surface area contributed by atoms with Crippen molar-refractivity contribution in [3.8, 4) is 5.75 Å². The topological polar surface area (TPSA) is 93.5 Å². The normalized spacial score (nSPS) is 11.3. The minimum atomic E-state index is -1.08. The Morgan fingerprint density at radius 3 is 2.58 bits per heavy atom. The second-order valence-electron chi connectivity index (χ2n) is 7.15. The molecule has 0 saturated heterocycles. The molecule has 2 aromatic heterocycles. The molecule has 0 saturated carbocycles. The fourth-order valence-corrected chi connectivity index (χ4v) is 3.91. The number of carbonyl (C=O) groups is 2. The number of carbonyl (C=O) groups excluding carboxylic acids is 2. The predicted molar refractivity (Wildman–Crippen MR) is 124 cm³/mol. The Bertz CT molecular complexity index is 1230. The van der Waals surface area contributed by atoms with Crippen LogP contribution in [0.5, 0.6) is 5.75 Å². The number of nitrogens with zero attached hydrogens (tertiary/aromatic N) is 1. The summed E-state index contributed by atoms with van der Waals surface area (Å²) in [5, 5.41) is 6.04. The van der Waals surface area contributed by atoms with Gasteiger partial charge in [0.15, 0.2) is 16.5 Å². The first-order valence-corrected chi connectivity index (χ1v) is 10.9. The van der Waals surface area contributed by atoms with Crippen molar-refractivity contribution < 1.29 is 18.7 Å². The molecule has 9 heteroatoms. The number of furan rings is 1. The first-order valence-electron chi connectivity index (χ1n) is 9.32. The van der Waals surface area contributed by atoms with Crippen molar-refractivity contribution in [3.05, 3.63) is 71.1 Å². The number of ether oxygens (including phenoxy) is 1. The summed E-state index contributed by atoms with van der Waals surface area (Å²) in [7, 11) is 0. The van der Waals surface area contributed by atoms with E-state index >= 15 is 0 Å². The van der Waals surface area contributed by atoms with Crippen LogP contribution in [0.15, 0.2) is 69.8 Å². The largest absolute Gasteiger partial charge is 0.478 e. The number of amides is 2. The zero-order valence-corrected chi connectivity index (χ0v) is 19.0. The maximum atomic E-state index is 12.8. The van der Waals surface area contributed by atoms with E-state index in [1.807, 2.05) is 18.2 Å². The van der Waals surface area contributed by atoms with Crippen LogP contribution in [0, 0.1) is 0 Å². The molecule has 0 unspecified atom stereocenters. The number of hydrogen-bond donors (Lipinski definition) is 2. The van der Waals surface area contributed by atoms with Crippen LogP contribution in [-0.4, -0.2) is 22.4 Å². The molecule has 7 nitrogen and oxygen atoms in total. The molecule has 2 amide bonds. The lowest BCUT2D eigenvalue weighted by molar-refractivity contribution is -0.128. The Morgan fingerprint density at radius 1 is 1.10 bits per heavy atom. The molecule has 2 aromatic carbocycles. The number of halogens is 1. The number of aromatic nitrogens is 1. The zero-order chi connectivity index (χ0) is 22.0. The van der Waals surface area contributed by atoms with Crippen LogP contribution in [0.2, 0.25) is 0 Å². The molecule has 4 aromatic rings. The third kappa shape index (κ3) is 4.95. The van der Waals surface area contributed by atoms with Gasteiger partial charge in [0.1, 0.15) is 5.75 Å². The summed E-state index contributed by atoms with van der Waals surface area (Å²) in [6.45, 7) is 3.41. The summed E-state index contributed by atoms with van der Waals surface area (Å²) in [5.41, 5.74) is 0.235. The second kappa shape index (κ2) is 8.52. The maximum absolute atomic E-state index is 12.8. The van der Waals surface area contributed by atoms with Gasteiger partial charge in [0.2, 0.25) is 0 Å². The molecule has 0 fully saturated rings. The van der Waals surface area contributed by atoms with Crippen molar-refractivity contribution in [1.82, 2.24) is 4.98 Å². The standard InChI is InChI=1S/C22H18BrN3O4S/c1-22(2,30-15-8-5-13(23)6-9-15)20(28)24-14-7-10-16-18(12-14)31-21(25-16)26-19(27)17-4-3-11-29-17/h3-12H,1-2H3,(H,24,28)(H,25,26,27). The van der Waals surface area contributed by atoms with Crippen LogP contribution < -0.4 is 15.4 Å². The average molecular weight is 500 g/mol. The highest BCUT2D eigenvalue weighted by Gasteiger charge is 2.30. The Kier molecular flexibility index (Phi) is 5.79. The first-order chi connectivity index (χ1) is 14.8. The Labute approximate surface area is 190 Å². The van der Waals surface area contributed by atoms with E-state index in [0.29, 0.717) is 22.1 Å². The van der Waals surface area contributed by atoms with Crippen molar-refractivity contribution in [3.63, 3.8) is 0 Å². The van der Waals surface area contributed by atoms with E-state index in [1.165, 1.54) is 17.6 Å². The van der Waals surface area contributed by atoms with Gasteiger partial charge in [-0.05, 0) is 68.4 Å². The fraction of sp³-hybridized carbons (Fsp3) is 0.136. The van der Waals surface area contributed by atoms with Crippen molar-refractivity contribution in [2.24, 2.45) is 0 Å². The van der Waals surface area contributed by atoms with E-state index < -0.39 is 5.60 Å².